The average Bonchev–Trinajstić information content (AvgIpc) is 2.97. The van der Waals surface area contributed by atoms with Crippen LogP contribution in [-0.4, -0.2) is 35.8 Å². The second kappa shape index (κ2) is 5.17. The van der Waals surface area contributed by atoms with E-state index in [1.54, 1.807) is 0 Å². The summed E-state index contributed by atoms with van der Waals surface area (Å²) in [5, 5.41) is 1.08. The third-order valence-corrected chi connectivity index (χ3v) is 4.63. The predicted molar refractivity (Wildman–Crippen MR) is 77.0 cm³/mol. The van der Waals surface area contributed by atoms with Crippen molar-refractivity contribution in [3.63, 3.8) is 0 Å². The lowest BCUT2D eigenvalue weighted by molar-refractivity contribution is 0.0257. The number of rotatable bonds is 3. The molecule has 2 atom stereocenters. The molecule has 1 aliphatic carbocycles. The number of nitrogens with zero attached hydrogens (tertiary/aromatic N) is 2. The van der Waals surface area contributed by atoms with Crippen molar-refractivity contribution in [1.82, 2.24) is 4.37 Å². The molecule has 2 unspecified atom stereocenters. The number of morpholine rings is 1. The van der Waals surface area contributed by atoms with E-state index in [0.717, 1.165) is 30.3 Å². The Morgan fingerprint density at radius 2 is 2.32 bits per heavy atom. The highest BCUT2D eigenvalue weighted by Gasteiger charge is 2.38. The van der Waals surface area contributed by atoms with Gasteiger partial charge < -0.3 is 20.1 Å². The topological polar surface area (TPSA) is 60.6 Å². The number of anilines is 2. The van der Waals surface area contributed by atoms with Crippen molar-refractivity contribution in [2.24, 2.45) is 0 Å². The summed E-state index contributed by atoms with van der Waals surface area (Å²) in [5.41, 5.74) is 5.95. The van der Waals surface area contributed by atoms with Gasteiger partial charge in [-0.2, -0.15) is 4.37 Å². The van der Waals surface area contributed by atoms with E-state index in [-0.39, 0.29) is 6.10 Å². The zero-order valence-electron chi connectivity index (χ0n) is 11.5. The van der Waals surface area contributed by atoms with Crippen molar-refractivity contribution < 1.29 is 9.47 Å². The molecule has 0 bridgehead atoms. The Bertz CT molecular complexity index is 449. The smallest absolute Gasteiger partial charge is 0.198 e. The SMILES string of the molecule is CC(C)Oc1c(N)nsc1N1CCOC2CCCC21. The molecule has 2 N–H and O–H groups in total. The lowest BCUT2D eigenvalue weighted by atomic mass is 10.1. The van der Waals surface area contributed by atoms with Crippen LogP contribution in [0.1, 0.15) is 33.1 Å². The van der Waals surface area contributed by atoms with Gasteiger partial charge in [0.15, 0.2) is 16.6 Å². The van der Waals surface area contributed by atoms with Crippen molar-refractivity contribution in [1.29, 1.82) is 0 Å². The molecular formula is C13H21N3O2S. The molecule has 0 spiro atoms. The highest BCUT2D eigenvalue weighted by Crippen LogP contribution is 2.43. The molecule has 1 saturated heterocycles. The summed E-state index contributed by atoms with van der Waals surface area (Å²) in [6, 6.07) is 0.461. The van der Waals surface area contributed by atoms with Crippen LogP contribution in [0.25, 0.3) is 0 Å². The molecule has 0 aromatic carbocycles. The Kier molecular flexibility index (Phi) is 3.54. The Morgan fingerprint density at radius 1 is 1.47 bits per heavy atom. The minimum absolute atomic E-state index is 0.109. The molecule has 106 valence electrons. The maximum Gasteiger partial charge on any atom is 0.198 e. The van der Waals surface area contributed by atoms with Gasteiger partial charge in [-0.1, -0.05) is 0 Å². The fraction of sp³-hybridized carbons (Fsp3) is 0.769. The second-order valence-corrected chi connectivity index (χ2v) is 6.22. The number of nitrogens with two attached hydrogens (primary N) is 1. The summed E-state index contributed by atoms with van der Waals surface area (Å²) < 4.78 is 16.0. The molecule has 1 aromatic heterocycles. The van der Waals surface area contributed by atoms with Crippen LogP contribution in [-0.2, 0) is 4.74 Å². The van der Waals surface area contributed by atoms with Crippen molar-refractivity contribution in [2.75, 3.05) is 23.8 Å². The van der Waals surface area contributed by atoms with Crippen LogP contribution >= 0.6 is 11.5 Å². The van der Waals surface area contributed by atoms with Crippen molar-refractivity contribution in [3.8, 4) is 5.75 Å². The van der Waals surface area contributed by atoms with E-state index in [2.05, 4.69) is 9.27 Å². The maximum atomic E-state index is 5.95. The Balaban J connectivity index is 1.88. The number of aromatic nitrogens is 1. The van der Waals surface area contributed by atoms with E-state index in [1.807, 2.05) is 13.8 Å². The molecule has 0 amide bonds. The van der Waals surface area contributed by atoms with Gasteiger partial charge in [-0.05, 0) is 44.6 Å². The lowest BCUT2D eigenvalue weighted by Gasteiger charge is -2.38. The fourth-order valence-corrected chi connectivity index (χ4v) is 3.83. The van der Waals surface area contributed by atoms with E-state index in [1.165, 1.54) is 24.4 Å². The summed E-state index contributed by atoms with van der Waals surface area (Å²) in [6.45, 7) is 5.70. The number of ether oxygens (including phenoxy) is 2. The quantitative estimate of drug-likeness (QED) is 0.922. The highest BCUT2D eigenvalue weighted by atomic mass is 32.1. The summed E-state index contributed by atoms with van der Waals surface area (Å²) in [5.74, 6) is 1.27. The van der Waals surface area contributed by atoms with Crippen LogP contribution < -0.4 is 15.4 Å². The van der Waals surface area contributed by atoms with Gasteiger partial charge in [0.2, 0.25) is 0 Å². The lowest BCUT2D eigenvalue weighted by Crippen LogP contribution is -2.48. The molecular weight excluding hydrogens is 262 g/mol. The molecule has 1 aliphatic heterocycles. The molecule has 2 heterocycles. The Morgan fingerprint density at radius 3 is 3.11 bits per heavy atom. The maximum absolute atomic E-state index is 5.95. The van der Waals surface area contributed by atoms with Gasteiger partial charge in [-0.25, -0.2) is 0 Å². The first kappa shape index (κ1) is 13.0. The first-order valence-electron chi connectivity index (χ1n) is 6.97. The van der Waals surface area contributed by atoms with Crippen LogP contribution in [0.3, 0.4) is 0 Å². The van der Waals surface area contributed by atoms with Gasteiger partial charge in [0, 0.05) is 6.54 Å². The van der Waals surface area contributed by atoms with Crippen LogP contribution in [0, 0.1) is 0 Å². The molecule has 5 nitrogen and oxygen atoms in total. The van der Waals surface area contributed by atoms with Gasteiger partial charge in [-0.15, -0.1) is 0 Å². The molecule has 6 heteroatoms. The van der Waals surface area contributed by atoms with Gasteiger partial charge in [0.1, 0.15) is 0 Å². The van der Waals surface area contributed by atoms with Gasteiger partial charge in [0.25, 0.3) is 0 Å². The zero-order valence-corrected chi connectivity index (χ0v) is 12.3. The summed E-state index contributed by atoms with van der Waals surface area (Å²) in [4.78, 5) is 2.40. The van der Waals surface area contributed by atoms with Gasteiger partial charge >= 0.3 is 0 Å². The normalized spacial score (nSPS) is 26.8. The molecule has 2 aliphatic rings. The highest BCUT2D eigenvalue weighted by molar-refractivity contribution is 7.11. The van der Waals surface area contributed by atoms with Gasteiger partial charge in [-0.3, -0.25) is 0 Å². The minimum Gasteiger partial charge on any atom is -0.484 e. The summed E-state index contributed by atoms with van der Waals surface area (Å²) in [7, 11) is 0. The first-order chi connectivity index (χ1) is 9.16. The Hall–Kier alpha value is -1.01. The van der Waals surface area contributed by atoms with Crippen molar-refractivity contribution in [2.45, 2.75) is 51.4 Å². The van der Waals surface area contributed by atoms with Crippen LogP contribution in [0.5, 0.6) is 5.75 Å². The van der Waals surface area contributed by atoms with Crippen molar-refractivity contribution >= 4 is 22.4 Å². The number of hydrogen-bond acceptors (Lipinski definition) is 6. The standard InChI is InChI=1S/C13H21N3O2S/c1-8(2)18-11-12(14)15-19-13(11)16-6-7-17-10-5-3-4-9(10)16/h8-10H,3-7H2,1-2H3,(H2,14,15). The minimum atomic E-state index is 0.109. The molecule has 1 saturated carbocycles. The fourth-order valence-electron chi connectivity index (χ4n) is 2.99. The van der Waals surface area contributed by atoms with E-state index < -0.39 is 0 Å². The third-order valence-electron chi connectivity index (χ3n) is 3.75. The molecule has 0 radical (unpaired) electrons. The molecule has 1 aromatic rings. The second-order valence-electron chi connectivity index (χ2n) is 5.47. The predicted octanol–water partition coefficient (Wildman–Crippen LogP) is 2.27. The van der Waals surface area contributed by atoms with E-state index in [0.29, 0.717) is 18.0 Å². The number of fused-ring (bicyclic) bond motifs is 1. The van der Waals surface area contributed by atoms with E-state index in [9.17, 15) is 0 Å². The van der Waals surface area contributed by atoms with Crippen LogP contribution in [0.15, 0.2) is 0 Å². The van der Waals surface area contributed by atoms with Crippen LogP contribution in [0.4, 0.5) is 10.8 Å². The molecule has 19 heavy (non-hydrogen) atoms. The summed E-state index contributed by atoms with van der Waals surface area (Å²) in [6.07, 6.45) is 4.06. The van der Waals surface area contributed by atoms with Crippen LogP contribution in [0.2, 0.25) is 0 Å². The summed E-state index contributed by atoms with van der Waals surface area (Å²) >= 11 is 1.44. The monoisotopic (exact) mass is 283 g/mol. The van der Waals surface area contributed by atoms with E-state index >= 15 is 0 Å². The Labute approximate surface area is 117 Å². The van der Waals surface area contributed by atoms with Gasteiger partial charge in [0.05, 0.1) is 24.9 Å². The largest absolute Gasteiger partial charge is 0.484 e. The first-order valence-corrected chi connectivity index (χ1v) is 7.74. The average molecular weight is 283 g/mol. The number of hydrogen-bond donors (Lipinski definition) is 1. The zero-order chi connectivity index (χ0) is 13.4. The number of nitrogen functional groups attached to an aromatic ring is 1. The molecule has 3 rings (SSSR count). The third kappa shape index (κ3) is 2.39. The van der Waals surface area contributed by atoms with E-state index in [4.69, 9.17) is 15.2 Å². The van der Waals surface area contributed by atoms with Crippen molar-refractivity contribution in [3.05, 3.63) is 0 Å². The molecule has 2 fully saturated rings.